The highest BCUT2D eigenvalue weighted by Crippen LogP contribution is 2.34. The molecule has 3 aromatic rings. The Kier molecular flexibility index (Phi) is 7.75. The van der Waals surface area contributed by atoms with Gasteiger partial charge < -0.3 is 20.1 Å². The van der Waals surface area contributed by atoms with Crippen LogP contribution < -0.4 is 10.6 Å². The third-order valence-corrected chi connectivity index (χ3v) is 6.05. The van der Waals surface area contributed by atoms with Gasteiger partial charge in [-0.3, -0.25) is 4.79 Å². The lowest BCUT2D eigenvalue weighted by molar-refractivity contribution is -0.145. The molecule has 0 bridgehead atoms. The molecule has 0 aliphatic carbocycles. The number of thioether (sulfide) groups is 1. The summed E-state index contributed by atoms with van der Waals surface area (Å²) in [6.45, 7) is 0. The van der Waals surface area contributed by atoms with Crippen LogP contribution in [0.5, 0.6) is 0 Å². The molecule has 9 nitrogen and oxygen atoms in total. The van der Waals surface area contributed by atoms with E-state index in [1.807, 2.05) is 12.3 Å². The highest BCUT2D eigenvalue weighted by atomic mass is 32.2. The first kappa shape index (κ1) is 25.0. The zero-order valence-corrected chi connectivity index (χ0v) is 19.9. The van der Waals surface area contributed by atoms with Crippen LogP contribution in [0.1, 0.15) is 16.8 Å². The second-order valence-corrected chi connectivity index (χ2v) is 8.57. The molecule has 0 aliphatic rings. The zero-order chi connectivity index (χ0) is 24.9. The first-order valence-electron chi connectivity index (χ1n) is 10.4. The summed E-state index contributed by atoms with van der Waals surface area (Å²) in [5, 5.41) is 9.92. The normalized spacial score (nSPS) is 12.6. The van der Waals surface area contributed by atoms with Gasteiger partial charge in [-0.2, -0.15) is 11.8 Å². The topological polar surface area (TPSA) is 128 Å². The molecule has 0 fully saturated rings. The van der Waals surface area contributed by atoms with Crippen molar-refractivity contribution in [2.75, 3.05) is 24.0 Å². The summed E-state index contributed by atoms with van der Waals surface area (Å²) < 4.78 is 6.43. The Balaban J connectivity index is 2.20. The quantitative estimate of drug-likeness (QED) is 0.268. The fraction of sp³-hybridized carbons (Fsp3) is 0.250. The highest BCUT2D eigenvalue weighted by Gasteiger charge is 2.44. The van der Waals surface area contributed by atoms with Crippen LogP contribution in [0, 0.1) is 0 Å². The molecule has 178 valence electrons. The van der Waals surface area contributed by atoms with Crippen molar-refractivity contribution in [1.29, 1.82) is 0 Å². The SMILES string of the molecule is COC(=O)C(N)(CCSC)C(=O)c1ccc(N(C(=O)O)c2nccn2C)cc1-c1ccccc1. The predicted molar refractivity (Wildman–Crippen MR) is 132 cm³/mol. The number of aryl methyl sites for hydroxylation is 1. The number of methoxy groups -OCH3 is 1. The molecule has 1 amide bonds. The maximum atomic E-state index is 13.7. The van der Waals surface area contributed by atoms with E-state index in [2.05, 4.69) is 4.98 Å². The summed E-state index contributed by atoms with van der Waals surface area (Å²) in [5.41, 5.74) is 6.04. The number of aromatic nitrogens is 2. The number of benzene rings is 2. The summed E-state index contributed by atoms with van der Waals surface area (Å²) in [6, 6.07) is 13.6. The predicted octanol–water partition coefficient (Wildman–Crippen LogP) is 3.71. The number of hydrogen-bond donors (Lipinski definition) is 2. The number of nitrogens with zero attached hydrogens (tertiary/aromatic N) is 3. The van der Waals surface area contributed by atoms with E-state index >= 15 is 0 Å². The fourth-order valence-electron chi connectivity index (χ4n) is 3.60. The molecular weight excluding hydrogens is 456 g/mol. The van der Waals surface area contributed by atoms with E-state index in [0.29, 0.717) is 16.9 Å². The number of carbonyl (C=O) groups excluding carboxylic acids is 2. The molecule has 1 atom stereocenters. The lowest BCUT2D eigenvalue weighted by Crippen LogP contribution is -2.56. The minimum Gasteiger partial charge on any atom is -0.467 e. The molecular formula is C24H26N4O5S. The molecule has 34 heavy (non-hydrogen) atoms. The first-order valence-corrected chi connectivity index (χ1v) is 11.7. The Morgan fingerprint density at radius 2 is 1.91 bits per heavy atom. The van der Waals surface area contributed by atoms with Crippen molar-refractivity contribution >= 4 is 41.2 Å². The van der Waals surface area contributed by atoms with Gasteiger partial charge in [-0.15, -0.1) is 0 Å². The standard InChI is InChI=1S/C24H26N4O5S/c1-27-13-12-26-22(27)28(23(31)32)17-9-10-18(19(15-17)16-7-5-4-6-8-16)20(29)24(25,11-14-34-3)21(30)33-2/h4-10,12-13,15H,11,14,25H2,1-3H3,(H,31,32). The average Bonchev–Trinajstić information content (AvgIpc) is 3.27. The molecule has 0 aliphatic heterocycles. The van der Waals surface area contributed by atoms with Crippen molar-refractivity contribution in [2.24, 2.45) is 12.8 Å². The third kappa shape index (κ3) is 4.82. The van der Waals surface area contributed by atoms with Crippen LogP contribution >= 0.6 is 11.8 Å². The van der Waals surface area contributed by atoms with Crippen LogP contribution in [0.15, 0.2) is 60.9 Å². The molecule has 1 unspecified atom stereocenters. The molecule has 3 N–H and O–H groups in total. The zero-order valence-electron chi connectivity index (χ0n) is 19.1. The van der Waals surface area contributed by atoms with E-state index in [9.17, 15) is 19.5 Å². The molecule has 1 heterocycles. The van der Waals surface area contributed by atoms with Gasteiger partial charge in [0.05, 0.1) is 12.8 Å². The Labute approximate surface area is 201 Å². The number of imidazole rings is 1. The molecule has 1 aromatic heterocycles. The number of anilines is 2. The fourth-order valence-corrected chi connectivity index (χ4v) is 4.13. The molecule has 0 radical (unpaired) electrons. The summed E-state index contributed by atoms with van der Waals surface area (Å²) >= 11 is 1.46. The Hall–Kier alpha value is -3.63. The number of carboxylic acid groups (broad SMARTS) is 1. The number of hydrogen-bond acceptors (Lipinski definition) is 7. The number of ether oxygens (including phenoxy) is 1. The molecule has 0 spiro atoms. The van der Waals surface area contributed by atoms with Gasteiger partial charge in [-0.1, -0.05) is 30.3 Å². The van der Waals surface area contributed by atoms with Gasteiger partial charge in [0.2, 0.25) is 5.95 Å². The minimum atomic E-state index is -1.88. The monoisotopic (exact) mass is 482 g/mol. The van der Waals surface area contributed by atoms with Crippen molar-refractivity contribution in [3.8, 4) is 11.1 Å². The van der Waals surface area contributed by atoms with Crippen LogP contribution in [-0.2, 0) is 16.6 Å². The van der Waals surface area contributed by atoms with Gasteiger partial charge in [0.15, 0.2) is 11.3 Å². The lowest BCUT2D eigenvalue weighted by Gasteiger charge is -2.27. The average molecular weight is 483 g/mol. The Bertz CT molecular complexity index is 1200. The van der Waals surface area contributed by atoms with E-state index in [0.717, 1.165) is 4.90 Å². The van der Waals surface area contributed by atoms with E-state index in [4.69, 9.17) is 10.5 Å². The number of amides is 1. The van der Waals surface area contributed by atoms with Crippen LogP contribution in [0.25, 0.3) is 11.1 Å². The van der Waals surface area contributed by atoms with E-state index < -0.39 is 23.4 Å². The maximum absolute atomic E-state index is 13.7. The second kappa shape index (κ2) is 10.5. The summed E-state index contributed by atoms with van der Waals surface area (Å²) in [6.07, 6.45) is 3.82. The van der Waals surface area contributed by atoms with Gasteiger partial charge >= 0.3 is 12.1 Å². The number of esters is 1. The molecule has 3 rings (SSSR count). The van der Waals surface area contributed by atoms with Crippen LogP contribution in [-0.4, -0.2) is 57.2 Å². The van der Waals surface area contributed by atoms with E-state index in [1.165, 1.54) is 37.2 Å². The van der Waals surface area contributed by atoms with Gasteiger partial charge in [-0.05, 0) is 47.8 Å². The first-order chi connectivity index (χ1) is 16.2. The molecule has 0 saturated carbocycles. The minimum absolute atomic E-state index is 0.0875. The van der Waals surface area contributed by atoms with E-state index in [1.54, 1.807) is 48.1 Å². The van der Waals surface area contributed by atoms with E-state index in [-0.39, 0.29) is 23.6 Å². The van der Waals surface area contributed by atoms with Gasteiger partial charge in [-0.25, -0.2) is 19.5 Å². The molecule has 10 heteroatoms. The van der Waals surface area contributed by atoms with Crippen LogP contribution in [0.3, 0.4) is 0 Å². The number of nitrogens with two attached hydrogens (primary N) is 1. The Morgan fingerprint density at radius 3 is 2.47 bits per heavy atom. The van der Waals surface area contributed by atoms with Crippen molar-refractivity contribution in [1.82, 2.24) is 9.55 Å². The highest BCUT2D eigenvalue weighted by molar-refractivity contribution is 7.98. The molecule has 0 saturated heterocycles. The smallest absolute Gasteiger partial charge is 0.418 e. The number of rotatable bonds is 9. The maximum Gasteiger partial charge on any atom is 0.418 e. The van der Waals surface area contributed by atoms with Crippen molar-refractivity contribution in [3.63, 3.8) is 0 Å². The van der Waals surface area contributed by atoms with Gasteiger partial charge in [0, 0.05) is 25.0 Å². The van der Waals surface area contributed by atoms with Crippen LogP contribution in [0.2, 0.25) is 0 Å². The number of ketones is 1. The van der Waals surface area contributed by atoms with Crippen LogP contribution in [0.4, 0.5) is 16.4 Å². The lowest BCUT2D eigenvalue weighted by atomic mass is 9.84. The number of carbonyl (C=O) groups is 3. The third-order valence-electron chi connectivity index (χ3n) is 5.43. The Morgan fingerprint density at radius 1 is 1.21 bits per heavy atom. The van der Waals surface area contributed by atoms with Crippen molar-refractivity contribution in [3.05, 3.63) is 66.5 Å². The molecule has 2 aromatic carbocycles. The van der Waals surface area contributed by atoms with Crippen molar-refractivity contribution in [2.45, 2.75) is 12.0 Å². The number of Topliss-reactive ketones (excluding diaryl/α,β-unsaturated/α-hetero) is 1. The van der Waals surface area contributed by atoms with Gasteiger partial charge in [0.25, 0.3) is 0 Å². The largest absolute Gasteiger partial charge is 0.467 e. The summed E-state index contributed by atoms with van der Waals surface area (Å²) in [4.78, 5) is 43.6. The van der Waals surface area contributed by atoms with Crippen molar-refractivity contribution < 1.29 is 24.2 Å². The van der Waals surface area contributed by atoms with Gasteiger partial charge in [0.1, 0.15) is 0 Å². The summed E-state index contributed by atoms with van der Waals surface area (Å²) in [7, 11) is 2.87. The summed E-state index contributed by atoms with van der Waals surface area (Å²) in [5.74, 6) is -0.761. The second-order valence-electron chi connectivity index (χ2n) is 7.59.